The van der Waals surface area contributed by atoms with Crippen molar-refractivity contribution in [1.82, 2.24) is 0 Å². The van der Waals surface area contributed by atoms with Crippen LogP contribution >= 0.6 is 0 Å². The van der Waals surface area contributed by atoms with E-state index in [0.29, 0.717) is 29.5 Å². The highest BCUT2D eigenvalue weighted by molar-refractivity contribution is 6.38. The fourth-order valence-corrected chi connectivity index (χ4v) is 10.6. The maximum atomic E-state index is 15.2. The number of hydrogen-bond acceptors (Lipinski definition) is 6. The molecule has 0 saturated carbocycles. The number of rotatable bonds is 3. The monoisotopic (exact) mass is 678 g/mol. The number of nitrogens with one attached hydrogen (secondary N) is 1. The summed E-state index contributed by atoms with van der Waals surface area (Å²) in [5.41, 5.74) is 7.78. The fraction of sp³-hybridized carbons (Fsp3) is 0.244. The molecule has 0 radical (unpaired) electrons. The first-order valence-corrected chi connectivity index (χ1v) is 18.4. The van der Waals surface area contributed by atoms with E-state index in [2.05, 4.69) is 69.0 Å². The van der Waals surface area contributed by atoms with Crippen LogP contribution in [0.1, 0.15) is 52.1 Å². The van der Waals surface area contributed by atoms with E-state index < -0.39 is 5.92 Å². The SMILES string of the molecule is [C-]#[N+]C(=C=N)C1=C(c2c(O)c3c4c5c(c6ccccc6cc25)CCN4CCC3)C(=O)C1c1c(O)c2c3c4c(c5ccccc5cc14)CCN3CCC2. The van der Waals surface area contributed by atoms with Gasteiger partial charge in [-0.3, -0.25) is 10.2 Å². The van der Waals surface area contributed by atoms with Gasteiger partial charge in [0.05, 0.1) is 23.9 Å². The molecule has 4 heterocycles. The third-order valence-electron chi connectivity index (χ3n) is 12.7. The highest BCUT2D eigenvalue weighted by atomic mass is 16.3. The molecule has 0 aromatic heterocycles. The minimum atomic E-state index is -0.983. The lowest BCUT2D eigenvalue weighted by molar-refractivity contribution is -0.115. The molecule has 4 aliphatic heterocycles. The summed E-state index contributed by atoms with van der Waals surface area (Å²) < 4.78 is 0. The second kappa shape index (κ2) is 10.5. The van der Waals surface area contributed by atoms with E-state index in [1.54, 1.807) is 0 Å². The van der Waals surface area contributed by atoms with Crippen molar-refractivity contribution in [3.05, 3.63) is 117 Å². The Bertz CT molecular complexity index is 2840. The van der Waals surface area contributed by atoms with Gasteiger partial charge in [-0.2, -0.15) is 0 Å². The topological polar surface area (TPSA) is 92.2 Å². The number of carbonyl (C=O) groups is 1. The van der Waals surface area contributed by atoms with E-state index in [4.69, 9.17) is 12.0 Å². The third kappa shape index (κ3) is 3.60. The molecule has 52 heavy (non-hydrogen) atoms. The number of fused-ring (bicyclic) bond motifs is 4. The van der Waals surface area contributed by atoms with Gasteiger partial charge in [-0.05, 0) is 106 Å². The van der Waals surface area contributed by atoms with Gasteiger partial charge < -0.3 is 20.0 Å². The first kappa shape index (κ1) is 29.6. The molecule has 1 unspecified atom stereocenters. The average molecular weight is 679 g/mol. The van der Waals surface area contributed by atoms with Gasteiger partial charge in [0.2, 0.25) is 0 Å². The summed E-state index contributed by atoms with van der Waals surface area (Å²) in [6, 6.07) is 20.8. The standard InChI is InChI=1S/C45H34N4O3/c1-47-33(22-46)38-39(36-31-20-23-8-2-4-10-25(23)27-14-18-48-16-6-12-29(43(36)50)41(48)34(27)31)45(52)40(38)37-32-21-24-9-3-5-11-26(24)28-15-19-49-17-7-13-30(44(37)51)42(49)35(28)32/h2-5,8-11,20-21,39,46,50-51H,6-7,12-19H2. The molecule has 7 nitrogen and oxygen atoms in total. The number of allylic oxidation sites excluding steroid dienone is 2. The number of Topliss-reactive ketones (excluding diaryl/α,β-unsaturated/α-hetero) is 1. The van der Waals surface area contributed by atoms with Crippen LogP contribution in [0, 0.1) is 12.0 Å². The van der Waals surface area contributed by atoms with Crippen LogP contribution in [0.2, 0.25) is 0 Å². The van der Waals surface area contributed by atoms with Crippen molar-refractivity contribution in [1.29, 1.82) is 5.41 Å². The molecule has 5 aliphatic rings. The first-order chi connectivity index (χ1) is 25.5. The summed E-state index contributed by atoms with van der Waals surface area (Å²) >= 11 is 0. The second-order valence-electron chi connectivity index (χ2n) is 15.0. The molecular weight excluding hydrogens is 645 g/mol. The number of anilines is 2. The van der Waals surface area contributed by atoms with Gasteiger partial charge in [0.15, 0.2) is 5.78 Å². The van der Waals surface area contributed by atoms with Crippen LogP contribution in [0.15, 0.2) is 71.9 Å². The maximum Gasteiger partial charge on any atom is 0.251 e. The van der Waals surface area contributed by atoms with Crippen molar-refractivity contribution >= 4 is 71.7 Å². The van der Waals surface area contributed by atoms with Crippen molar-refractivity contribution in [2.24, 2.45) is 0 Å². The van der Waals surface area contributed by atoms with Gasteiger partial charge in [-0.25, -0.2) is 4.85 Å². The molecule has 6 aromatic rings. The number of benzene rings is 6. The van der Waals surface area contributed by atoms with E-state index in [-0.39, 0.29) is 28.6 Å². The normalized spacial score (nSPS) is 18.6. The Balaban J connectivity index is 1.27. The predicted octanol–water partition coefficient (Wildman–Crippen LogP) is 8.50. The van der Waals surface area contributed by atoms with E-state index in [1.165, 1.54) is 21.9 Å². The summed E-state index contributed by atoms with van der Waals surface area (Å²) in [5.74, 6) is 1.33. The number of ketones is 1. The average Bonchev–Trinajstić information content (AvgIpc) is 3.19. The summed E-state index contributed by atoms with van der Waals surface area (Å²) in [7, 11) is 0. The molecule has 6 aromatic carbocycles. The van der Waals surface area contributed by atoms with Crippen LogP contribution in [0.4, 0.5) is 11.4 Å². The Labute approximate surface area is 300 Å². The molecule has 0 amide bonds. The Morgan fingerprint density at radius 1 is 0.731 bits per heavy atom. The lowest BCUT2D eigenvalue weighted by atomic mass is 9.65. The molecular formula is C45H34N4O3. The molecule has 0 fully saturated rings. The van der Waals surface area contributed by atoms with Crippen molar-refractivity contribution in [3.8, 4) is 11.5 Å². The van der Waals surface area contributed by atoms with Crippen molar-refractivity contribution in [2.45, 2.75) is 44.4 Å². The number of phenolic OH excluding ortho intramolecular Hbond substituents is 2. The van der Waals surface area contributed by atoms with Crippen LogP contribution in [-0.2, 0) is 30.5 Å². The summed E-state index contributed by atoms with van der Waals surface area (Å²) in [4.78, 5) is 23.7. The second-order valence-corrected chi connectivity index (χ2v) is 15.0. The highest BCUT2D eigenvalue weighted by Crippen LogP contribution is 2.60. The van der Waals surface area contributed by atoms with Crippen LogP contribution < -0.4 is 9.80 Å². The lowest BCUT2D eigenvalue weighted by Gasteiger charge is -2.41. The molecule has 1 aliphatic carbocycles. The molecule has 252 valence electrons. The number of nitrogens with zero attached hydrogens (tertiary/aromatic N) is 3. The molecule has 3 N–H and O–H groups in total. The van der Waals surface area contributed by atoms with E-state index >= 15 is 4.79 Å². The van der Waals surface area contributed by atoms with Gasteiger partial charge >= 0.3 is 0 Å². The first-order valence-electron chi connectivity index (χ1n) is 18.4. The van der Waals surface area contributed by atoms with E-state index in [9.17, 15) is 10.2 Å². The summed E-state index contributed by atoms with van der Waals surface area (Å²) in [5, 5.41) is 41.2. The number of aromatic hydroxyl groups is 2. The van der Waals surface area contributed by atoms with Crippen molar-refractivity contribution < 1.29 is 15.0 Å². The predicted molar refractivity (Wildman–Crippen MR) is 207 cm³/mol. The van der Waals surface area contributed by atoms with Gasteiger partial charge in [-0.1, -0.05) is 48.5 Å². The van der Waals surface area contributed by atoms with Gasteiger partial charge in [0.1, 0.15) is 11.5 Å². The number of hydrogen-bond donors (Lipinski definition) is 3. The molecule has 7 heteroatoms. The van der Waals surface area contributed by atoms with Gasteiger partial charge in [0.25, 0.3) is 5.70 Å². The fourth-order valence-electron chi connectivity index (χ4n) is 10.6. The third-order valence-corrected chi connectivity index (χ3v) is 12.7. The Hall–Kier alpha value is -6.09. The smallest absolute Gasteiger partial charge is 0.251 e. The minimum absolute atomic E-state index is 0.0698. The number of carbonyl (C=O) groups excluding carboxylic acids is 1. The van der Waals surface area contributed by atoms with Crippen LogP contribution in [0.3, 0.4) is 0 Å². The zero-order valence-corrected chi connectivity index (χ0v) is 28.6. The van der Waals surface area contributed by atoms with Gasteiger partial charge in [0, 0.05) is 64.8 Å². The Kier molecular flexibility index (Phi) is 5.97. The molecule has 11 rings (SSSR count). The largest absolute Gasteiger partial charge is 0.507 e. The van der Waals surface area contributed by atoms with Crippen LogP contribution in [0.5, 0.6) is 11.5 Å². The maximum absolute atomic E-state index is 15.2. The quantitative estimate of drug-likeness (QED) is 0.0992. The Morgan fingerprint density at radius 3 is 1.88 bits per heavy atom. The molecule has 0 bridgehead atoms. The van der Waals surface area contributed by atoms with E-state index in [0.717, 1.165) is 107 Å². The van der Waals surface area contributed by atoms with Gasteiger partial charge in [-0.15, -0.1) is 0 Å². The lowest BCUT2D eigenvalue weighted by Crippen LogP contribution is -2.36. The van der Waals surface area contributed by atoms with E-state index in [1.807, 2.05) is 12.1 Å². The number of phenols is 2. The zero-order chi connectivity index (χ0) is 35.0. The molecule has 0 spiro atoms. The van der Waals surface area contributed by atoms with Crippen LogP contribution in [-0.4, -0.2) is 48.0 Å². The zero-order valence-electron chi connectivity index (χ0n) is 28.6. The minimum Gasteiger partial charge on any atom is -0.507 e. The summed E-state index contributed by atoms with van der Waals surface area (Å²) in [6.07, 6.45) is 4.89. The van der Waals surface area contributed by atoms with Crippen molar-refractivity contribution in [2.75, 3.05) is 36.0 Å². The van der Waals surface area contributed by atoms with Crippen LogP contribution in [0.25, 0.3) is 53.5 Å². The molecule has 1 atom stereocenters. The highest BCUT2D eigenvalue weighted by Gasteiger charge is 2.48. The summed E-state index contributed by atoms with van der Waals surface area (Å²) in [6.45, 7) is 11.8. The molecule has 0 saturated heterocycles. The Morgan fingerprint density at radius 2 is 1.29 bits per heavy atom. The van der Waals surface area contributed by atoms with Crippen molar-refractivity contribution in [3.63, 3.8) is 0 Å².